The van der Waals surface area contributed by atoms with Crippen molar-refractivity contribution >= 4 is 50.6 Å². The van der Waals surface area contributed by atoms with Crippen LogP contribution in [0.4, 0.5) is 5.69 Å². The highest BCUT2D eigenvalue weighted by molar-refractivity contribution is 9.10. The topological polar surface area (TPSA) is 29.1 Å². The fraction of sp³-hybridized carbons (Fsp3) is 0. The van der Waals surface area contributed by atoms with E-state index in [0.717, 1.165) is 10.2 Å². The molecule has 0 unspecified atom stereocenters. The Morgan fingerprint density at radius 3 is 2.45 bits per heavy atom. The summed E-state index contributed by atoms with van der Waals surface area (Å²) in [6, 6.07) is 12.2. The Morgan fingerprint density at radius 2 is 1.80 bits per heavy atom. The van der Waals surface area contributed by atoms with Crippen LogP contribution in [-0.2, 0) is 0 Å². The fourth-order valence-corrected chi connectivity index (χ4v) is 2.38. The summed E-state index contributed by atoms with van der Waals surface area (Å²) in [6.07, 6.45) is 3.01. The van der Waals surface area contributed by atoms with Gasteiger partial charge in [0, 0.05) is 27.3 Å². The fourth-order valence-electron chi connectivity index (χ4n) is 1.52. The molecule has 0 saturated heterocycles. The number of nitrogens with one attached hydrogen (secondary N) is 1. The molecule has 2 rings (SSSR count). The van der Waals surface area contributed by atoms with Gasteiger partial charge in [-0.1, -0.05) is 39.1 Å². The SMILES string of the molecule is O=C(/C=C\Nc1ccc(Br)cc1Cl)c1ccc(Cl)cc1. The molecular weight excluding hydrogens is 361 g/mol. The molecular formula is C15H10BrCl2NO. The molecule has 0 aliphatic carbocycles. The number of allylic oxidation sites excluding steroid dienone is 1. The van der Waals surface area contributed by atoms with Gasteiger partial charge in [0.05, 0.1) is 10.7 Å². The lowest BCUT2D eigenvalue weighted by molar-refractivity contribution is 0.104. The van der Waals surface area contributed by atoms with E-state index in [1.54, 1.807) is 36.5 Å². The smallest absolute Gasteiger partial charge is 0.187 e. The highest BCUT2D eigenvalue weighted by Gasteiger charge is 2.02. The predicted octanol–water partition coefficient (Wildman–Crippen LogP) is 5.56. The maximum atomic E-state index is 11.9. The monoisotopic (exact) mass is 369 g/mol. The van der Waals surface area contributed by atoms with E-state index in [-0.39, 0.29) is 5.78 Å². The van der Waals surface area contributed by atoms with Crippen LogP contribution >= 0.6 is 39.1 Å². The molecule has 2 nitrogen and oxygen atoms in total. The Bertz CT molecular complexity index is 653. The van der Waals surface area contributed by atoms with E-state index in [1.165, 1.54) is 6.08 Å². The molecule has 0 fully saturated rings. The minimum absolute atomic E-state index is 0.109. The van der Waals surface area contributed by atoms with Crippen LogP contribution in [0.25, 0.3) is 0 Å². The zero-order valence-electron chi connectivity index (χ0n) is 10.2. The van der Waals surface area contributed by atoms with E-state index in [9.17, 15) is 4.79 Å². The average Bonchev–Trinajstić information content (AvgIpc) is 2.42. The number of rotatable bonds is 4. The van der Waals surface area contributed by atoms with Crippen molar-refractivity contribution in [3.63, 3.8) is 0 Å². The van der Waals surface area contributed by atoms with Crippen LogP contribution in [0, 0.1) is 0 Å². The number of carbonyl (C=O) groups is 1. The zero-order chi connectivity index (χ0) is 14.5. The first-order valence-electron chi connectivity index (χ1n) is 5.74. The van der Waals surface area contributed by atoms with Gasteiger partial charge in [-0.25, -0.2) is 0 Å². The first kappa shape index (κ1) is 15.1. The molecule has 0 spiro atoms. The third-order valence-corrected chi connectivity index (χ3v) is 3.59. The molecule has 0 atom stereocenters. The van der Waals surface area contributed by atoms with Crippen LogP contribution in [0.2, 0.25) is 10.0 Å². The first-order valence-corrected chi connectivity index (χ1v) is 7.29. The van der Waals surface area contributed by atoms with Crippen LogP contribution in [0.5, 0.6) is 0 Å². The average molecular weight is 371 g/mol. The molecule has 5 heteroatoms. The van der Waals surface area contributed by atoms with Crippen molar-refractivity contribution in [2.75, 3.05) is 5.32 Å². The lowest BCUT2D eigenvalue weighted by Crippen LogP contribution is -1.96. The molecule has 20 heavy (non-hydrogen) atoms. The molecule has 0 heterocycles. The van der Waals surface area contributed by atoms with Gasteiger partial charge in [0.25, 0.3) is 0 Å². The molecule has 102 valence electrons. The summed E-state index contributed by atoms with van der Waals surface area (Å²) in [7, 11) is 0. The van der Waals surface area contributed by atoms with Gasteiger partial charge >= 0.3 is 0 Å². The van der Waals surface area contributed by atoms with E-state index >= 15 is 0 Å². The number of halogens is 3. The molecule has 0 bridgehead atoms. The van der Waals surface area contributed by atoms with Crippen molar-refractivity contribution in [1.29, 1.82) is 0 Å². The van der Waals surface area contributed by atoms with Gasteiger partial charge in [-0.2, -0.15) is 0 Å². The van der Waals surface area contributed by atoms with Gasteiger partial charge in [-0.05, 0) is 42.5 Å². The second-order valence-electron chi connectivity index (χ2n) is 3.97. The van der Waals surface area contributed by atoms with E-state index in [2.05, 4.69) is 21.2 Å². The first-order chi connectivity index (χ1) is 9.56. The Morgan fingerprint density at radius 1 is 1.10 bits per heavy atom. The molecule has 0 aliphatic heterocycles. The van der Waals surface area contributed by atoms with Crippen LogP contribution < -0.4 is 5.32 Å². The van der Waals surface area contributed by atoms with Gasteiger partial charge in [0.1, 0.15) is 0 Å². The van der Waals surface area contributed by atoms with Crippen molar-refractivity contribution in [3.8, 4) is 0 Å². The standard InChI is InChI=1S/C15H10BrCl2NO/c16-11-3-6-14(13(18)9-11)19-8-7-15(20)10-1-4-12(17)5-2-10/h1-9,19H/b8-7-. The van der Waals surface area contributed by atoms with Gasteiger partial charge in [0.15, 0.2) is 5.78 Å². The van der Waals surface area contributed by atoms with Crippen molar-refractivity contribution in [3.05, 3.63) is 74.8 Å². The number of anilines is 1. The third-order valence-electron chi connectivity index (χ3n) is 2.53. The van der Waals surface area contributed by atoms with Crippen molar-refractivity contribution < 1.29 is 4.79 Å². The van der Waals surface area contributed by atoms with Gasteiger partial charge < -0.3 is 5.32 Å². The second-order valence-corrected chi connectivity index (χ2v) is 5.73. The summed E-state index contributed by atoms with van der Waals surface area (Å²) >= 11 is 15.2. The number of hydrogen-bond donors (Lipinski definition) is 1. The number of hydrogen-bond acceptors (Lipinski definition) is 2. The van der Waals surface area contributed by atoms with E-state index in [0.29, 0.717) is 15.6 Å². The Hall–Kier alpha value is -1.29. The maximum Gasteiger partial charge on any atom is 0.187 e. The maximum absolute atomic E-state index is 11.9. The number of carbonyl (C=O) groups excluding carboxylic acids is 1. The summed E-state index contributed by atoms with van der Waals surface area (Å²) < 4.78 is 0.897. The quantitative estimate of drug-likeness (QED) is 0.563. The van der Waals surface area contributed by atoms with Crippen molar-refractivity contribution in [2.24, 2.45) is 0 Å². The molecule has 2 aromatic carbocycles. The van der Waals surface area contributed by atoms with Crippen molar-refractivity contribution in [1.82, 2.24) is 0 Å². The minimum Gasteiger partial charge on any atom is -0.360 e. The number of ketones is 1. The van der Waals surface area contributed by atoms with E-state index in [1.807, 2.05) is 12.1 Å². The lowest BCUT2D eigenvalue weighted by Gasteiger charge is -2.03. The molecule has 1 N–H and O–H groups in total. The second kappa shape index (κ2) is 6.93. The lowest BCUT2D eigenvalue weighted by atomic mass is 10.1. The molecule has 2 aromatic rings. The summed E-state index contributed by atoms with van der Waals surface area (Å²) in [6.45, 7) is 0. The van der Waals surface area contributed by atoms with E-state index < -0.39 is 0 Å². The molecule has 0 aromatic heterocycles. The molecule has 0 aliphatic rings. The largest absolute Gasteiger partial charge is 0.360 e. The normalized spacial score (nSPS) is 10.8. The van der Waals surface area contributed by atoms with Crippen molar-refractivity contribution in [2.45, 2.75) is 0 Å². The third kappa shape index (κ3) is 4.10. The zero-order valence-corrected chi connectivity index (χ0v) is 13.3. The highest BCUT2D eigenvalue weighted by Crippen LogP contribution is 2.25. The van der Waals surface area contributed by atoms with E-state index in [4.69, 9.17) is 23.2 Å². The summed E-state index contributed by atoms with van der Waals surface area (Å²) in [5.41, 5.74) is 1.31. The molecule has 0 amide bonds. The van der Waals surface area contributed by atoms with Crippen LogP contribution in [0.3, 0.4) is 0 Å². The highest BCUT2D eigenvalue weighted by atomic mass is 79.9. The molecule has 0 saturated carbocycles. The van der Waals surface area contributed by atoms with Gasteiger partial charge in [-0.3, -0.25) is 4.79 Å². The van der Waals surface area contributed by atoms with Crippen LogP contribution in [0.15, 0.2) is 59.2 Å². The summed E-state index contributed by atoms with van der Waals surface area (Å²) in [5.74, 6) is -0.109. The van der Waals surface area contributed by atoms with Gasteiger partial charge in [0.2, 0.25) is 0 Å². The Balaban J connectivity index is 2.02. The van der Waals surface area contributed by atoms with Crippen LogP contribution in [-0.4, -0.2) is 5.78 Å². The predicted molar refractivity (Wildman–Crippen MR) is 87.7 cm³/mol. The molecule has 0 radical (unpaired) electrons. The Labute approximate surface area is 135 Å². The van der Waals surface area contributed by atoms with Crippen LogP contribution in [0.1, 0.15) is 10.4 Å². The number of benzene rings is 2. The van der Waals surface area contributed by atoms with Gasteiger partial charge in [-0.15, -0.1) is 0 Å². The summed E-state index contributed by atoms with van der Waals surface area (Å²) in [5, 5.41) is 4.15. The Kier molecular flexibility index (Phi) is 5.24. The minimum atomic E-state index is -0.109. The summed E-state index contributed by atoms with van der Waals surface area (Å²) in [4.78, 5) is 11.9.